The van der Waals surface area contributed by atoms with Crippen molar-refractivity contribution < 1.29 is 28.2 Å². The molecule has 0 radical (unpaired) electrons. The van der Waals surface area contributed by atoms with E-state index in [1.165, 1.54) is 29.2 Å². The van der Waals surface area contributed by atoms with E-state index >= 15 is 0 Å². The van der Waals surface area contributed by atoms with Crippen LogP contribution in [0.25, 0.3) is 0 Å². The first-order valence-electron chi connectivity index (χ1n) is 8.89. The fraction of sp³-hybridized carbons (Fsp3) is 0.250. The Bertz CT molecular complexity index is 936. The topological polar surface area (TPSA) is 79.2 Å². The molecule has 0 saturated carbocycles. The van der Waals surface area contributed by atoms with Crippen LogP contribution in [0.2, 0.25) is 0 Å². The molecule has 1 unspecified atom stereocenters. The molecular formula is C20H17ClF2N2O4S. The number of carbonyl (C=O) groups excluding carboxylic acids is 1. The smallest absolute Gasteiger partial charge is 0.480 e. The minimum Gasteiger partial charge on any atom is -0.480 e. The van der Waals surface area contributed by atoms with Crippen LogP contribution in [0.3, 0.4) is 0 Å². The molecule has 6 nitrogen and oxygen atoms in total. The fourth-order valence-corrected chi connectivity index (χ4v) is 3.92. The van der Waals surface area contributed by atoms with E-state index in [0.717, 1.165) is 17.3 Å². The summed E-state index contributed by atoms with van der Waals surface area (Å²) in [6, 6.07) is 14.9. The van der Waals surface area contributed by atoms with Crippen molar-refractivity contribution in [2.24, 2.45) is 4.99 Å². The van der Waals surface area contributed by atoms with Gasteiger partial charge in [0.25, 0.3) is 0 Å². The van der Waals surface area contributed by atoms with Gasteiger partial charge in [-0.3, -0.25) is 14.5 Å². The van der Waals surface area contributed by atoms with Gasteiger partial charge in [0.05, 0.1) is 12.1 Å². The van der Waals surface area contributed by atoms with Crippen LogP contribution in [0, 0.1) is 0 Å². The van der Waals surface area contributed by atoms with E-state index in [4.69, 9.17) is 11.6 Å². The van der Waals surface area contributed by atoms with Gasteiger partial charge in [-0.05, 0) is 36.2 Å². The van der Waals surface area contributed by atoms with E-state index in [-0.39, 0.29) is 23.2 Å². The maximum Gasteiger partial charge on any atom is 0.487 e. The first kappa shape index (κ1) is 22.0. The molecule has 0 aliphatic carbocycles. The van der Waals surface area contributed by atoms with Crippen molar-refractivity contribution in [3.05, 3.63) is 60.2 Å². The number of nitrogens with zero attached hydrogens (tertiary/aromatic N) is 2. The van der Waals surface area contributed by atoms with Gasteiger partial charge in [-0.2, -0.15) is 0 Å². The summed E-state index contributed by atoms with van der Waals surface area (Å²) in [5, 5.41) is 8.63. The summed E-state index contributed by atoms with van der Waals surface area (Å²) < 4.78 is 29.7. The Morgan fingerprint density at radius 3 is 2.50 bits per heavy atom. The number of ether oxygens (including phenoxy) is 1. The highest BCUT2D eigenvalue weighted by atomic mass is 35.5. The van der Waals surface area contributed by atoms with E-state index in [1.807, 2.05) is 30.3 Å². The summed E-state index contributed by atoms with van der Waals surface area (Å²) in [7, 11) is 0. The largest absolute Gasteiger partial charge is 0.487 e. The molecule has 0 aromatic heterocycles. The number of carbonyl (C=O) groups is 2. The van der Waals surface area contributed by atoms with Crippen LogP contribution >= 0.6 is 23.4 Å². The molecule has 1 aliphatic heterocycles. The summed E-state index contributed by atoms with van der Waals surface area (Å²) in [5.74, 6) is -1.59. The van der Waals surface area contributed by atoms with E-state index in [9.17, 15) is 23.5 Å². The Balaban J connectivity index is 1.81. The lowest BCUT2D eigenvalue weighted by Crippen LogP contribution is -2.44. The molecule has 30 heavy (non-hydrogen) atoms. The number of carboxylic acid groups (broad SMARTS) is 1. The van der Waals surface area contributed by atoms with Crippen molar-refractivity contribution in [3.63, 3.8) is 0 Å². The lowest BCUT2D eigenvalue weighted by Gasteiger charge is -2.30. The van der Waals surface area contributed by atoms with Crippen LogP contribution in [0.5, 0.6) is 5.75 Å². The molecular weight excluding hydrogens is 438 g/mol. The van der Waals surface area contributed by atoms with Crippen LogP contribution in [0.15, 0.2) is 59.6 Å². The van der Waals surface area contributed by atoms with Crippen molar-refractivity contribution in [1.82, 2.24) is 4.90 Å². The van der Waals surface area contributed by atoms with Crippen LogP contribution < -0.4 is 4.74 Å². The average Bonchev–Trinajstić information content (AvgIpc) is 2.68. The number of rotatable bonds is 7. The molecule has 1 heterocycles. The second-order valence-corrected chi connectivity index (χ2v) is 7.98. The summed E-state index contributed by atoms with van der Waals surface area (Å²) in [6.45, 7) is 0.334. The minimum atomic E-state index is -3.83. The number of aliphatic imine (C=N–C) groups is 1. The van der Waals surface area contributed by atoms with Crippen LogP contribution in [-0.4, -0.2) is 44.4 Å². The van der Waals surface area contributed by atoms with Gasteiger partial charge >= 0.3 is 11.5 Å². The Kier molecular flexibility index (Phi) is 6.94. The highest BCUT2D eigenvalue weighted by Gasteiger charge is 2.35. The van der Waals surface area contributed by atoms with Gasteiger partial charge in [-0.1, -0.05) is 42.1 Å². The Hall–Kier alpha value is -2.65. The minimum absolute atomic E-state index is 0.134. The van der Waals surface area contributed by atoms with Crippen LogP contribution in [-0.2, 0) is 16.0 Å². The van der Waals surface area contributed by atoms with Crippen molar-refractivity contribution in [1.29, 1.82) is 0 Å². The normalized spacial score (nSPS) is 18.5. The third-order valence-electron chi connectivity index (χ3n) is 4.18. The zero-order valence-corrected chi connectivity index (χ0v) is 17.1. The Labute approximate surface area is 180 Å². The number of hydrogen-bond donors (Lipinski definition) is 1. The van der Waals surface area contributed by atoms with E-state index in [1.54, 1.807) is 0 Å². The summed E-state index contributed by atoms with van der Waals surface area (Å²) in [4.78, 5) is 29.8. The number of carboxylic acids is 1. The molecule has 1 atom stereocenters. The molecule has 0 bridgehead atoms. The number of thioether (sulfide) groups is 1. The van der Waals surface area contributed by atoms with Crippen molar-refractivity contribution >= 4 is 46.1 Å². The van der Waals surface area contributed by atoms with Crippen molar-refractivity contribution in [2.45, 2.75) is 23.7 Å². The highest BCUT2D eigenvalue weighted by molar-refractivity contribution is 8.15. The maximum atomic E-state index is 12.7. The predicted octanol–water partition coefficient (Wildman–Crippen LogP) is 4.50. The van der Waals surface area contributed by atoms with E-state index in [2.05, 4.69) is 9.73 Å². The third kappa shape index (κ3) is 6.17. The number of alkyl halides is 3. The molecule has 10 heteroatoms. The molecule has 1 fully saturated rings. The fourth-order valence-electron chi connectivity index (χ4n) is 2.77. The molecule has 1 N–H and O–H groups in total. The lowest BCUT2D eigenvalue weighted by molar-refractivity contribution is -0.139. The number of amides is 1. The first-order valence-corrected chi connectivity index (χ1v) is 10.2. The van der Waals surface area contributed by atoms with Gasteiger partial charge in [0.2, 0.25) is 5.91 Å². The molecule has 2 aromatic rings. The average molecular weight is 455 g/mol. The molecule has 3 rings (SSSR count). The quantitative estimate of drug-likeness (QED) is 0.623. The van der Waals surface area contributed by atoms with Gasteiger partial charge in [0, 0.05) is 18.1 Å². The molecule has 1 aliphatic rings. The van der Waals surface area contributed by atoms with Crippen LogP contribution in [0.1, 0.15) is 12.0 Å². The zero-order chi connectivity index (χ0) is 21.7. The molecule has 2 aromatic carbocycles. The van der Waals surface area contributed by atoms with Gasteiger partial charge < -0.3 is 9.84 Å². The Morgan fingerprint density at radius 1 is 1.23 bits per heavy atom. The SMILES string of the molecule is O=C(O)C1CC(=O)N(CCc2ccccc2)C(=Nc2ccc(OC(F)(F)Cl)cc2)S1. The summed E-state index contributed by atoms with van der Waals surface area (Å²) >= 11 is 5.72. The zero-order valence-electron chi connectivity index (χ0n) is 15.5. The van der Waals surface area contributed by atoms with Gasteiger partial charge in [-0.15, -0.1) is 8.78 Å². The number of hydrogen-bond acceptors (Lipinski definition) is 5. The van der Waals surface area contributed by atoms with Crippen LogP contribution in [0.4, 0.5) is 14.5 Å². The molecule has 1 amide bonds. The van der Waals surface area contributed by atoms with Crippen molar-refractivity contribution in [3.8, 4) is 5.75 Å². The lowest BCUT2D eigenvalue weighted by atomic mass is 10.1. The second-order valence-electron chi connectivity index (χ2n) is 6.37. The summed E-state index contributed by atoms with van der Waals surface area (Å²) in [6.07, 6.45) is 0.437. The van der Waals surface area contributed by atoms with Gasteiger partial charge in [0.15, 0.2) is 5.17 Å². The number of benzene rings is 2. The predicted molar refractivity (Wildman–Crippen MR) is 110 cm³/mol. The maximum absolute atomic E-state index is 12.7. The molecule has 158 valence electrons. The van der Waals surface area contributed by atoms with Gasteiger partial charge in [0.1, 0.15) is 11.0 Å². The third-order valence-corrected chi connectivity index (χ3v) is 5.43. The molecule has 0 spiro atoms. The number of amidine groups is 1. The first-order chi connectivity index (χ1) is 14.2. The summed E-state index contributed by atoms with van der Waals surface area (Å²) in [5.41, 5.74) is -2.45. The highest BCUT2D eigenvalue weighted by Crippen LogP contribution is 2.31. The van der Waals surface area contributed by atoms with Crippen molar-refractivity contribution in [2.75, 3.05) is 6.54 Å². The van der Waals surface area contributed by atoms with E-state index < -0.39 is 16.8 Å². The molecule has 1 saturated heterocycles. The Morgan fingerprint density at radius 2 is 1.90 bits per heavy atom. The second kappa shape index (κ2) is 9.44. The van der Waals surface area contributed by atoms with E-state index in [0.29, 0.717) is 18.7 Å². The number of halogens is 3. The van der Waals surface area contributed by atoms with Gasteiger partial charge in [-0.25, -0.2) is 4.99 Å². The monoisotopic (exact) mass is 454 g/mol. The standard InChI is InChI=1S/C20H17ClF2N2O4S/c21-20(22,23)29-15-8-6-14(7-9-15)24-19-25(11-10-13-4-2-1-3-5-13)17(26)12-16(30-19)18(27)28/h1-9,16H,10-12H2,(H,27,28). The number of aliphatic carboxylic acids is 1.